The van der Waals surface area contributed by atoms with Crippen LogP contribution in [0.15, 0.2) is 24.3 Å². The van der Waals surface area contributed by atoms with Crippen molar-refractivity contribution in [3.05, 3.63) is 34.4 Å². The van der Waals surface area contributed by atoms with Crippen LogP contribution in [0, 0.1) is 16.0 Å². The van der Waals surface area contributed by atoms with Gasteiger partial charge in [0.05, 0.1) is 4.92 Å². The molecule has 4 nitrogen and oxygen atoms in total. The molecule has 0 radical (unpaired) electrons. The number of nitro groups is 1. The number of nitro benzene ring substituents is 1. The molecule has 4 heteroatoms. The van der Waals surface area contributed by atoms with Gasteiger partial charge in [-0.1, -0.05) is 32.3 Å². The lowest BCUT2D eigenvalue weighted by molar-refractivity contribution is -0.384. The van der Waals surface area contributed by atoms with Crippen molar-refractivity contribution in [1.29, 1.82) is 0 Å². The molecule has 1 aromatic rings. The number of rotatable bonds is 5. The molecule has 19 heavy (non-hydrogen) atoms. The van der Waals surface area contributed by atoms with Crippen LogP contribution in [0.25, 0.3) is 0 Å². The van der Waals surface area contributed by atoms with E-state index in [1.807, 2.05) is 6.07 Å². The second-order valence-corrected chi connectivity index (χ2v) is 5.36. The molecule has 0 heterocycles. The monoisotopic (exact) mass is 262 g/mol. The largest absolute Gasteiger partial charge is 0.382 e. The molecule has 1 unspecified atom stereocenters. The van der Waals surface area contributed by atoms with E-state index >= 15 is 0 Å². The van der Waals surface area contributed by atoms with Crippen LogP contribution in [0.4, 0.5) is 11.4 Å². The Bertz CT molecular complexity index is 428. The van der Waals surface area contributed by atoms with E-state index < -0.39 is 0 Å². The van der Waals surface area contributed by atoms with Gasteiger partial charge >= 0.3 is 0 Å². The SMILES string of the molecule is CCC(Nc1cccc([N+](=O)[O-])c1)C1CCCCC1. The molecule has 0 amide bonds. The van der Waals surface area contributed by atoms with Crippen molar-refractivity contribution < 1.29 is 4.92 Å². The average Bonchev–Trinajstić information content (AvgIpc) is 2.46. The van der Waals surface area contributed by atoms with Gasteiger partial charge in [-0.25, -0.2) is 0 Å². The van der Waals surface area contributed by atoms with Crippen LogP contribution in [0.5, 0.6) is 0 Å². The highest BCUT2D eigenvalue weighted by molar-refractivity contribution is 5.51. The average molecular weight is 262 g/mol. The minimum absolute atomic E-state index is 0.156. The van der Waals surface area contributed by atoms with Gasteiger partial charge in [0.15, 0.2) is 0 Å². The fourth-order valence-electron chi connectivity index (χ4n) is 3.01. The summed E-state index contributed by atoms with van der Waals surface area (Å²) in [6, 6.07) is 7.26. The van der Waals surface area contributed by atoms with Gasteiger partial charge in [-0.15, -0.1) is 0 Å². The Kier molecular flexibility index (Phi) is 4.77. The number of hydrogen-bond acceptors (Lipinski definition) is 3. The van der Waals surface area contributed by atoms with E-state index in [9.17, 15) is 10.1 Å². The molecule has 1 fully saturated rings. The summed E-state index contributed by atoms with van der Waals surface area (Å²) in [4.78, 5) is 10.4. The number of anilines is 1. The molecular weight excluding hydrogens is 240 g/mol. The number of benzene rings is 1. The first kappa shape index (κ1) is 13.8. The van der Waals surface area contributed by atoms with E-state index in [0.29, 0.717) is 12.0 Å². The fraction of sp³-hybridized carbons (Fsp3) is 0.600. The molecule has 104 valence electrons. The molecule has 1 aliphatic rings. The van der Waals surface area contributed by atoms with E-state index in [-0.39, 0.29) is 10.6 Å². The summed E-state index contributed by atoms with van der Waals surface area (Å²) in [5.74, 6) is 0.706. The molecule has 1 N–H and O–H groups in total. The third-order valence-electron chi connectivity index (χ3n) is 4.07. The van der Waals surface area contributed by atoms with E-state index in [4.69, 9.17) is 0 Å². The lowest BCUT2D eigenvalue weighted by Crippen LogP contribution is -2.30. The van der Waals surface area contributed by atoms with Crippen molar-refractivity contribution in [3.8, 4) is 0 Å². The molecule has 1 aromatic carbocycles. The summed E-state index contributed by atoms with van der Waals surface area (Å²) < 4.78 is 0. The van der Waals surface area contributed by atoms with Crippen LogP contribution in [0.1, 0.15) is 45.4 Å². The molecule has 0 aliphatic heterocycles. The van der Waals surface area contributed by atoms with E-state index in [1.165, 1.54) is 38.2 Å². The molecule has 0 saturated heterocycles. The number of hydrogen-bond donors (Lipinski definition) is 1. The van der Waals surface area contributed by atoms with Crippen molar-refractivity contribution >= 4 is 11.4 Å². The van der Waals surface area contributed by atoms with E-state index in [2.05, 4.69) is 12.2 Å². The summed E-state index contributed by atoms with van der Waals surface area (Å²) in [5, 5.41) is 14.3. The molecular formula is C15H22N2O2. The quantitative estimate of drug-likeness (QED) is 0.633. The lowest BCUT2D eigenvalue weighted by atomic mass is 9.83. The van der Waals surface area contributed by atoms with Crippen LogP contribution in [0.3, 0.4) is 0 Å². The maximum absolute atomic E-state index is 10.8. The predicted molar refractivity (Wildman–Crippen MR) is 77.4 cm³/mol. The first-order chi connectivity index (χ1) is 9.20. The zero-order chi connectivity index (χ0) is 13.7. The van der Waals surface area contributed by atoms with E-state index in [1.54, 1.807) is 12.1 Å². The molecule has 2 rings (SSSR count). The zero-order valence-corrected chi connectivity index (χ0v) is 11.5. The topological polar surface area (TPSA) is 55.2 Å². The molecule has 0 aromatic heterocycles. The van der Waals surface area contributed by atoms with Crippen molar-refractivity contribution in [2.75, 3.05) is 5.32 Å². The van der Waals surface area contributed by atoms with Crippen LogP contribution >= 0.6 is 0 Å². The summed E-state index contributed by atoms with van der Waals surface area (Å²) in [6.07, 6.45) is 7.60. The van der Waals surface area contributed by atoms with Gasteiger partial charge in [-0.3, -0.25) is 10.1 Å². The van der Waals surface area contributed by atoms with Gasteiger partial charge in [-0.2, -0.15) is 0 Å². The van der Waals surface area contributed by atoms with Gasteiger partial charge in [-0.05, 0) is 31.2 Å². The van der Waals surface area contributed by atoms with Gasteiger partial charge in [0.2, 0.25) is 0 Å². The van der Waals surface area contributed by atoms with Crippen molar-refractivity contribution in [1.82, 2.24) is 0 Å². The molecule has 1 atom stereocenters. The van der Waals surface area contributed by atoms with Crippen molar-refractivity contribution in [2.45, 2.75) is 51.5 Å². The Hall–Kier alpha value is -1.58. The normalized spacial score (nSPS) is 17.9. The Morgan fingerprint density at radius 2 is 2.11 bits per heavy atom. The molecule has 1 saturated carbocycles. The van der Waals surface area contributed by atoms with Gasteiger partial charge in [0, 0.05) is 23.9 Å². The third-order valence-corrected chi connectivity index (χ3v) is 4.07. The number of nitrogens with one attached hydrogen (secondary N) is 1. The summed E-state index contributed by atoms with van der Waals surface area (Å²) in [6.45, 7) is 2.18. The van der Waals surface area contributed by atoms with Crippen LogP contribution in [-0.4, -0.2) is 11.0 Å². The molecule has 0 bridgehead atoms. The Morgan fingerprint density at radius 3 is 2.74 bits per heavy atom. The fourth-order valence-corrected chi connectivity index (χ4v) is 3.01. The predicted octanol–water partition coefficient (Wildman–Crippen LogP) is 4.37. The Balaban J connectivity index is 2.04. The highest BCUT2D eigenvalue weighted by Crippen LogP contribution is 2.30. The summed E-state index contributed by atoms with van der Waals surface area (Å²) in [7, 11) is 0. The highest BCUT2D eigenvalue weighted by atomic mass is 16.6. The highest BCUT2D eigenvalue weighted by Gasteiger charge is 2.22. The van der Waals surface area contributed by atoms with Gasteiger partial charge in [0.1, 0.15) is 0 Å². The summed E-state index contributed by atoms with van der Waals surface area (Å²) >= 11 is 0. The minimum Gasteiger partial charge on any atom is -0.382 e. The zero-order valence-electron chi connectivity index (χ0n) is 11.5. The van der Waals surface area contributed by atoms with Gasteiger partial charge < -0.3 is 5.32 Å². The van der Waals surface area contributed by atoms with Crippen molar-refractivity contribution in [3.63, 3.8) is 0 Å². The Labute approximate surface area is 114 Å². The van der Waals surface area contributed by atoms with E-state index in [0.717, 1.165) is 12.1 Å². The minimum atomic E-state index is -0.341. The molecule has 1 aliphatic carbocycles. The number of nitrogens with zero attached hydrogens (tertiary/aromatic N) is 1. The Morgan fingerprint density at radius 1 is 1.37 bits per heavy atom. The smallest absolute Gasteiger partial charge is 0.271 e. The first-order valence-corrected chi connectivity index (χ1v) is 7.21. The maximum atomic E-state index is 10.8. The van der Waals surface area contributed by atoms with Crippen molar-refractivity contribution in [2.24, 2.45) is 5.92 Å². The lowest BCUT2D eigenvalue weighted by Gasteiger charge is -2.31. The first-order valence-electron chi connectivity index (χ1n) is 7.21. The second kappa shape index (κ2) is 6.55. The number of non-ortho nitro benzene ring substituents is 1. The third kappa shape index (κ3) is 3.69. The van der Waals surface area contributed by atoms with Crippen LogP contribution < -0.4 is 5.32 Å². The maximum Gasteiger partial charge on any atom is 0.271 e. The van der Waals surface area contributed by atoms with Gasteiger partial charge in [0.25, 0.3) is 5.69 Å². The van der Waals surface area contributed by atoms with Crippen LogP contribution in [-0.2, 0) is 0 Å². The molecule has 0 spiro atoms. The second-order valence-electron chi connectivity index (χ2n) is 5.36. The standard InChI is InChI=1S/C15H22N2O2/c1-2-15(12-7-4-3-5-8-12)16-13-9-6-10-14(11-13)17(18)19/h6,9-12,15-16H,2-5,7-8H2,1H3. The van der Waals surface area contributed by atoms with Crippen LogP contribution in [0.2, 0.25) is 0 Å². The summed E-state index contributed by atoms with van der Waals surface area (Å²) in [5.41, 5.74) is 1.02.